The van der Waals surface area contributed by atoms with Crippen molar-refractivity contribution in [3.8, 4) is 28.6 Å². The molecule has 4 rings (SSSR count). The van der Waals surface area contributed by atoms with Crippen molar-refractivity contribution in [2.24, 2.45) is 0 Å². The van der Waals surface area contributed by atoms with Crippen LogP contribution in [0.5, 0.6) is 17.2 Å². The number of hydrogen-bond acceptors (Lipinski definition) is 7. The zero-order valence-corrected chi connectivity index (χ0v) is 18.2. The third kappa shape index (κ3) is 4.95. The Morgan fingerprint density at radius 3 is 2.55 bits per heavy atom. The van der Waals surface area contributed by atoms with E-state index in [1.807, 2.05) is 6.07 Å². The first-order valence-electron chi connectivity index (χ1n) is 10.2. The van der Waals surface area contributed by atoms with Gasteiger partial charge in [0.1, 0.15) is 24.8 Å². The van der Waals surface area contributed by atoms with E-state index < -0.39 is 5.97 Å². The quantitative estimate of drug-likeness (QED) is 0.324. The van der Waals surface area contributed by atoms with Gasteiger partial charge in [0.05, 0.1) is 30.7 Å². The highest BCUT2D eigenvalue weighted by atomic mass is 16.5. The molecule has 0 radical (unpaired) electrons. The Morgan fingerprint density at radius 1 is 0.909 bits per heavy atom. The number of nitrogens with zero attached hydrogens (tertiary/aromatic N) is 1. The van der Waals surface area contributed by atoms with E-state index >= 15 is 0 Å². The van der Waals surface area contributed by atoms with Gasteiger partial charge in [0.15, 0.2) is 11.5 Å². The van der Waals surface area contributed by atoms with Crippen LogP contribution in [0.2, 0.25) is 0 Å². The van der Waals surface area contributed by atoms with Gasteiger partial charge < -0.3 is 23.9 Å². The van der Waals surface area contributed by atoms with Gasteiger partial charge in [0, 0.05) is 5.56 Å². The van der Waals surface area contributed by atoms with E-state index in [4.69, 9.17) is 18.9 Å². The average molecular weight is 446 g/mol. The molecule has 4 aromatic rings. The van der Waals surface area contributed by atoms with E-state index in [1.165, 1.54) is 14.2 Å². The lowest BCUT2D eigenvalue weighted by molar-refractivity contribution is 0.0600. The molecule has 0 aliphatic carbocycles. The van der Waals surface area contributed by atoms with Gasteiger partial charge in [-0.3, -0.25) is 4.79 Å². The topological polar surface area (TPSA) is 99.7 Å². The van der Waals surface area contributed by atoms with Gasteiger partial charge in [-0.1, -0.05) is 18.2 Å². The normalized spacial score (nSPS) is 10.6. The van der Waals surface area contributed by atoms with Crippen molar-refractivity contribution in [3.63, 3.8) is 0 Å². The Bertz CT molecular complexity index is 1350. The number of esters is 1. The van der Waals surface area contributed by atoms with Crippen LogP contribution >= 0.6 is 0 Å². The minimum absolute atomic E-state index is 0.205. The van der Waals surface area contributed by atoms with Gasteiger partial charge in [-0.25, -0.2) is 9.78 Å². The molecule has 8 heteroatoms. The number of aromatic nitrogens is 2. The number of benzene rings is 3. The number of ether oxygens (including phenoxy) is 4. The first-order valence-corrected chi connectivity index (χ1v) is 10.2. The van der Waals surface area contributed by atoms with Crippen LogP contribution in [-0.4, -0.2) is 43.4 Å². The van der Waals surface area contributed by atoms with Crippen molar-refractivity contribution < 1.29 is 23.7 Å². The van der Waals surface area contributed by atoms with Gasteiger partial charge >= 0.3 is 5.97 Å². The molecule has 0 aliphatic heterocycles. The number of carbonyl (C=O) groups excluding carboxylic acids is 1. The molecular weight excluding hydrogens is 424 g/mol. The molecule has 33 heavy (non-hydrogen) atoms. The summed E-state index contributed by atoms with van der Waals surface area (Å²) in [5.41, 5.74) is 1.51. The highest BCUT2D eigenvalue weighted by Crippen LogP contribution is 2.31. The predicted octanol–water partition coefficient (Wildman–Crippen LogP) is 3.84. The van der Waals surface area contributed by atoms with Crippen LogP contribution < -0.4 is 19.8 Å². The van der Waals surface area contributed by atoms with Gasteiger partial charge in [-0.15, -0.1) is 0 Å². The number of carbonyl (C=O) groups is 1. The van der Waals surface area contributed by atoms with Crippen LogP contribution in [0.15, 0.2) is 71.5 Å². The van der Waals surface area contributed by atoms with Gasteiger partial charge in [0.2, 0.25) is 0 Å². The summed E-state index contributed by atoms with van der Waals surface area (Å²) in [7, 11) is 2.87. The Hall–Kier alpha value is -4.33. The summed E-state index contributed by atoms with van der Waals surface area (Å²) in [6.45, 7) is 0.512. The fourth-order valence-corrected chi connectivity index (χ4v) is 3.30. The molecule has 8 nitrogen and oxygen atoms in total. The molecule has 168 valence electrons. The van der Waals surface area contributed by atoms with Crippen LogP contribution in [0.3, 0.4) is 0 Å². The summed E-state index contributed by atoms with van der Waals surface area (Å²) < 4.78 is 21.6. The summed E-state index contributed by atoms with van der Waals surface area (Å²) in [5.74, 6) is 1.57. The molecule has 0 aliphatic rings. The van der Waals surface area contributed by atoms with E-state index in [-0.39, 0.29) is 18.8 Å². The number of hydrogen-bond donors (Lipinski definition) is 1. The number of para-hydroxylation sites is 1. The zero-order valence-electron chi connectivity index (χ0n) is 18.2. The number of fused-ring (bicyclic) bond motifs is 1. The third-order valence-corrected chi connectivity index (χ3v) is 4.91. The fraction of sp³-hybridized carbons (Fsp3) is 0.160. The van der Waals surface area contributed by atoms with E-state index in [0.29, 0.717) is 45.1 Å². The Balaban J connectivity index is 1.44. The SMILES string of the molecule is COC(=O)c1cccc(OCCOc2ccc(-c3nc4ccccc4c(=O)[nH]3)cc2OC)c1. The maximum absolute atomic E-state index is 12.4. The van der Waals surface area contributed by atoms with Crippen LogP contribution in [0.4, 0.5) is 0 Å². The number of H-pyrrole nitrogens is 1. The lowest BCUT2D eigenvalue weighted by Gasteiger charge is -2.13. The molecule has 1 aromatic heterocycles. The summed E-state index contributed by atoms with van der Waals surface area (Å²) in [6.07, 6.45) is 0. The van der Waals surface area contributed by atoms with Crippen molar-refractivity contribution in [2.45, 2.75) is 0 Å². The van der Waals surface area contributed by atoms with Crippen LogP contribution in [0.1, 0.15) is 10.4 Å². The molecule has 1 heterocycles. The molecule has 0 saturated heterocycles. The number of aromatic amines is 1. The average Bonchev–Trinajstić information content (AvgIpc) is 2.86. The van der Waals surface area contributed by atoms with Crippen LogP contribution in [0, 0.1) is 0 Å². The Kier molecular flexibility index (Phi) is 6.54. The molecule has 0 amide bonds. The molecule has 0 atom stereocenters. The maximum atomic E-state index is 12.4. The molecule has 1 N–H and O–H groups in total. The van der Waals surface area contributed by atoms with Gasteiger partial charge in [0.25, 0.3) is 5.56 Å². The minimum Gasteiger partial charge on any atom is -0.493 e. The third-order valence-electron chi connectivity index (χ3n) is 4.91. The maximum Gasteiger partial charge on any atom is 0.337 e. The van der Waals surface area contributed by atoms with E-state index in [0.717, 1.165) is 0 Å². The second-order valence-electron chi connectivity index (χ2n) is 7.01. The van der Waals surface area contributed by atoms with Crippen molar-refractivity contribution in [1.29, 1.82) is 0 Å². The lowest BCUT2D eigenvalue weighted by Crippen LogP contribution is -2.11. The first kappa shape index (κ1) is 21.9. The van der Waals surface area contributed by atoms with Crippen LogP contribution in [0.25, 0.3) is 22.3 Å². The Morgan fingerprint density at radius 2 is 1.73 bits per heavy atom. The van der Waals surface area contributed by atoms with E-state index in [9.17, 15) is 9.59 Å². The number of rotatable bonds is 8. The number of methoxy groups -OCH3 is 2. The van der Waals surface area contributed by atoms with Gasteiger partial charge in [-0.2, -0.15) is 0 Å². The molecule has 0 spiro atoms. The monoisotopic (exact) mass is 446 g/mol. The van der Waals surface area contributed by atoms with Crippen molar-refractivity contribution in [1.82, 2.24) is 9.97 Å². The first-order chi connectivity index (χ1) is 16.1. The highest BCUT2D eigenvalue weighted by Gasteiger charge is 2.11. The van der Waals surface area contributed by atoms with Crippen molar-refractivity contribution in [3.05, 3.63) is 82.6 Å². The smallest absolute Gasteiger partial charge is 0.337 e. The predicted molar refractivity (Wildman–Crippen MR) is 123 cm³/mol. The summed E-state index contributed by atoms with van der Waals surface area (Å²) in [5, 5.41) is 0.533. The molecule has 0 saturated carbocycles. The summed E-state index contributed by atoms with van der Waals surface area (Å²) >= 11 is 0. The second kappa shape index (κ2) is 9.86. The second-order valence-corrected chi connectivity index (χ2v) is 7.01. The fourth-order valence-electron chi connectivity index (χ4n) is 3.30. The van der Waals surface area contributed by atoms with Gasteiger partial charge in [-0.05, 0) is 48.5 Å². The van der Waals surface area contributed by atoms with E-state index in [2.05, 4.69) is 9.97 Å². The highest BCUT2D eigenvalue weighted by molar-refractivity contribution is 5.89. The molecule has 3 aromatic carbocycles. The summed E-state index contributed by atoms with van der Waals surface area (Å²) in [4.78, 5) is 31.3. The molecular formula is C25H22N2O6. The van der Waals surface area contributed by atoms with Crippen molar-refractivity contribution in [2.75, 3.05) is 27.4 Å². The standard InChI is InChI=1S/C25H22N2O6/c1-30-22-15-16(23-26-20-9-4-3-8-19(20)24(28)27-23)10-11-21(22)33-13-12-32-18-7-5-6-17(14-18)25(29)31-2/h3-11,14-15H,12-13H2,1-2H3,(H,26,27,28). The van der Waals surface area contributed by atoms with Crippen molar-refractivity contribution >= 4 is 16.9 Å². The molecule has 0 fully saturated rings. The molecule has 0 bridgehead atoms. The van der Waals surface area contributed by atoms with E-state index in [1.54, 1.807) is 60.7 Å². The lowest BCUT2D eigenvalue weighted by atomic mass is 10.1. The Labute approximate surface area is 189 Å². The minimum atomic E-state index is -0.427. The molecule has 0 unspecified atom stereocenters. The zero-order chi connectivity index (χ0) is 23.2. The number of nitrogens with one attached hydrogen (secondary N) is 1. The van der Waals surface area contributed by atoms with Crippen LogP contribution in [-0.2, 0) is 4.74 Å². The largest absolute Gasteiger partial charge is 0.493 e. The summed E-state index contributed by atoms with van der Waals surface area (Å²) in [6, 6.07) is 19.2.